The molecule has 0 radical (unpaired) electrons. The van der Waals surface area contributed by atoms with Crippen LogP contribution in [0.25, 0.3) is 0 Å². The molecule has 1 atom stereocenters. The van der Waals surface area contributed by atoms with Crippen molar-refractivity contribution in [2.24, 2.45) is 0 Å². The number of hydrogen-bond donors (Lipinski definition) is 2. The Labute approximate surface area is 105 Å². The minimum absolute atomic E-state index is 0.291. The Bertz CT molecular complexity index is 531. The van der Waals surface area contributed by atoms with Gasteiger partial charge in [-0.3, -0.25) is 4.98 Å². The molecule has 0 spiro atoms. The van der Waals surface area contributed by atoms with Crippen molar-refractivity contribution in [3.63, 3.8) is 0 Å². The summed E-state index contributed by atoms with van der Waals surface area (Å²) in [5.74, 6) is -0.291. The highest BCUT2D eigenvalue weighted by molar-refractivity contribution is 5.44. The van der Waals surface area contributed by atoms with Crippen LogP contribution in [0.5, 0.6) is 0 Å². The second kappa shape index (κ2) is 5.60. The minimum atomic E-state index is -0.599. The van der Waals surface area contributed by atoms with Gasteiger partial charge in [0.25, 0.3) is 0 Å². The van der Waals surface area contributed by atoms with Gasteiger partial charge in [0.05, 0.1) is 6.10 Å². The molecule has 0 bridgehead atoms. The first-order chi connectivity index (χ1) is 8.65. The van der Waals surface area contributed by atoms with E-state index in [4.69, 9.17) is 5.73 Å². The number of benzene rings is 1. The molecule has 3 N–H and O–H groups in total. The number of nitrogens with two attached hydrogens (primary N) is 1. The molecular weight excluding hydrogens is 231 g/mol. The summed E-state index contributed by atoms with van der Waals surface area (Å²) >= 11 is 0. The topological polar surface area (TPSA) is 59.1 Å². The van der Waals surface area contributed by atoms with Crippen molar-refractivity contribution in [3.05, 3.63) is 59.7 Å². The lowest BCUT2D eigenvalue weighted by Gasteiger charge is -2.12. The minimum Gasteiger partial charge on any atom is -0.398 e. The average molecular weight is 246 g/mol. The number of pyridine rings is 1. The van der Waals surface area contributed by atoms with Gasteiger partial charge in [-0.15, -0.1) is 0 Å². The second-order valence-electron chi connectivity index (χ2n) is 4.27. The van der Waals surface area contributed by atoms with Crippen LogP contribution < -0.4 is 5.73 Å². The number of hydrogen-bond acceptors (Lipinski definition) is 3. The SMILES string of the molecule is Nc1ccncc1CC(O)Cc1cccc(F)c1. The van der Waals surface area contributed by atoms with Gasteiger partial charge < -0.3 is 10.8 Å². The smallest absolute Gasteiger partial charge is 0.123 e. The quantitative estimate of drug-likeness (QED) is 0.866. The molecule has 0 aliphatic carbocycles. The summed E-state index contributed by atoms with van der Waals surface area (Å²) in [6.45, 7) is 0. The number of anilines is 1. The van der Waals surface area contributed by atoms with E-state index in [0.29, 0.717) is 18.5 Å². The number of aromatic nitrogens is 1. The summed E-state index contributed by atoms with van der Waals surface area (Å²) in [5, 5.41) is 9.97. The second-order valence-corrected chi connectivity index (χ2v) is 4.27. The third kappa shape index (κ3) is 3.28. The average Bonchev–Trinajstić information content (AvgIpc) is 2.32. The molecule has 1 heterocycles. The molecule has 2 rings (SSSR count). The number of aliphatic hydroxyl groups excluding tert-OH is 1. The van der Waals surface area contributed by atoms with Crippen molar-refractivity contribution >= 4 is 5.69 Å². The molecule has 4 heteroatoms. The maximum Gasteiger partial charge on any atom is 0.123 e. The lowest BCUT2D eigenvalue weighted by atomic mass is 10.0. The molecule has 0 aliphatic rings. The molecule has 1 unspecified atom stereocenters. The Balaban J connectivity index is 2.01. The van der Waals surface area contributed by atoms with Gasteiger partial charge in [0, 0.05) is 24.5 Å². The lowest BCUT2D eigenvalue weighted by Crippen LogP contribution is -2.15. The molecule has 0 saturated heterocycles. The fraction of sp³-hybridized carbons (Fsp3) is 0.214. The number of aliphatic hydroxyl groups is 1. The van der Waals surface area contributed by atoms with E-state index in [0.717, 1.165) is 11.1 Å². The van der Waals surface area contributed by atoms with E-state index < -0.39 is 6.10 Å². The zero-order chi connectivity index (χ0) is 13.0. The molecule has 94 valence electrons. The van der Waals surface area contributed by atoms with Crippen LogP contribution in [0.3, 0.4) is 0 Å². The van der Waals surface area contributed by atoms with E-state index in [-0.39, 0.29) is 5.82 Å². The summed E-state index contributed by atoms with van der Waals surface area (Å²) in [4.78, 5) is 3.97. The van der Waals surface area contributed by atoms with Crippen LogP contribution in [0.15, 0.2) is 42.7 Å². The van der Waals surface area contributed by atoms with Gasteiger partial charge in [0.2, 0.25) is 0 Å². The molecule has 3 nitrogen and oxygen atoms in total. The molecule has 0 aliphatic heterocycles. The highest BCUT2D eigenvalue weighted by Crippen LogP contribution is 2.14. The van der Waals surface area contributed by atoms with E-state index in [2.05, 4.69) is 4.98 Å². The van der Waals surface area contributed by atoms with E-state index in [1.807, 2.05) is 0 Å². The van der Waals surface area contributed by atoms with Crippen molar-refractivity contribution < 1.29 is 9.50 Å². The van der Waals surface area contributed by atoms with E-state index >= 15 is 0 Å². The zero-order valence-electron chi connectivity index (χ0n) is 9.88. The van der Waals surface area contributed by atoms with Crippen LogP contribution in [0.2, 0.25) is 0 Å². The van der Waals surface area contributed by atoms with E-state index in [9.17, 15) is 9.50 Å². The van der Waals surface area contributed by atoms with E-state index in [1.165, 1.54) is 12.1 Å². The predicted octanol–water partition coefficient (Wildman–Crippen LogP) is 1.95. The number of nitrogen functional groups attached to an aromatic ring is 1. The van der Waals surface area contributed by atoms with Crippen LogP contribution in [-0.4, -0.2) is 16.2 Å². The van der Waals surface area contributed by atoms with Gasteiger partial charge in [-0.1, -0.05) is 12.1 Å². The fourth-order valence-electron chi connectivity index (χ4n) is 1.87. The van der Waals surface area contributed by atoms with Gasteiger partial charge in [-0.05, 0) is 35.7 Å². The van der Waals surface area contributed by atoms with Gasteiger partial charge in [-0.25, -0.2) is 4.39 Å². The monoisotopic (exact) mass is 246 g/mol. The predicted molar refractivity (Wildman–Crippen MR) is 68.5 cm³/mol. The Morgan fingerprint density at radius 2 is 2.11 bits per heavy atom. The standard InChI is InChI=1S/C14H15FN2O/c15-12-3-1-2-10(6-12)7-13(18)8-11-9-17-5-4-14(11)16/h1-6,9,13,18H,7-8H2,(H2,16,17). The van der Waals surface area contributed by atoms with E-state index in [1.54, 1.807) is 30.6 Å². The zero-order valence-corrected chi connectivity index (χ0v) is 9.88. The summed E-state index contributed by atoms with van der Waals surface area (Å²) in [6.07, 6.45) is 3.46. The highest BCUT2D eigenvalue weighted by atomic mass is 19.1. The largest absolute Gasteiger partial charge is 0.398 e. The van der Waals surface area contributed by atoms with Gasteiger partial charge in [0.15, 0.2) is 0 Å². The van der Waals surface area contributed by atoms with Crippen LogP contribution in [0.1, 0.15) is 11.1 Å². The van der Waals surface area contributed by atoms with Crippen LogP contribution in [0, 0.1) is 5.82 Å². The van der Waals surface area contributed by atoms with Crippen LogP contribution >= 0.6 is 0 Å². The number of rotatable bonds is 4. The van der Waals surface area contributed by atoms with Crippen molar-refractivity contribution in [3.8, 4) is 0 Å². The fourth-order valence-corrected chi connectivity index (χ4v) is 1.87. The molecule has 1 aromatic carbocycles. The van der Waals surface area contributed by atoms with Gasteiger partial charge in [0.1, 0.15) is 5.82 Å². The Kier molecular flexibility index (Phi) is 3.89. The summed E-state index contributed by atoms with van der Waals surface area (Å²) in [6, 6.07) is 7.93. The lowest BCUT2D eigenvalue weighted by molar-refractivity contribution is 0.175. The highest BCUT2D eigenvalue weighted by Gasteiger charge is 2.09. The van der Waals surface area contributed by atoms with Crippen molar-refractivity contribution in [2.45, 2.75) is 18.9 Å². The van der Waals surface area contributed by atoms with Crippen LogP contribution in [-0.2, 0) is 12.8 Å². The van der Waals surface area contributed by atoms with Crippen molar-refractivity contribution in [2.75, 3.05) is 5.73 Å². The number of nitrogens with zero attached hydrogens (tertiary/aromatic N) is 1. The maximum atomic E-state index is 13.0. The summed E-state index contributed by atoms with van der Waals surface area (Å²) in [7, 11) is 0. The molecule has 0 amide bonds. The normalized spacial score (nSPS) is 12.3. The molecule has 0 fully saturated rings. The first kappa shape index (κ1) is 12.5. The summed E-state index contributed by atoms with van der Waals surface area (Å²) in [5.41, 5.74) is 7.96. The van der Waals surface area contributed by atoms with Gasteiger partial charge >= 0.3 is 0 Å². The van der Waals surface area contributed by atoms with Gasteiger partial charge in [-0.2, -0.15) is 0 Å². The first-order valence-electron chi connectivity index (χ1n) is 5.76. The first-order valence-corrected chi connectivity index (χ1v) is 5.76. The Hall–Kier alpha value is -1.94. The molecule has 0 saturated carbocycles. The molecule has 18 heavy (non-hydrogen) atoms. The summed E-state index contributed by atoms with van der Waals surface area (Å²) < 4.78 is 13.0. The third-order valence-corrected chi connectivity index (χ3v) is 2.76. The Morgan fingerprint density at radius 3 is 2.83 bits per heavy atom. The molecular formula is C14H15FN2O. The maximum absolute atomic E-state index is 13.0. The molecule has 1 aromatic heterocycles. The third-order valence-electron chi connectivity index (χ3n) is 2.76. The Morgan fingerprint density at radius 1 is 1.28 bits per heavy atom. The number of halogens is 1. The van der Waals surface area contributed by atoms with Crippen LogP contribution in [0.4, 0.5) is 10.1 Å². The van der Waals surface area contributed by atoms with Crippen molar-refractivity contribution in [1.29, 1.82) is 0 Å². The molecule has 2 aromatic rings. The van der Waals surface area contributed by atoms with Crippen molar-refractivity contribution in [1.82, 2.24) is 4.98 Å².